The molecule has 0 saturated carbocycles. The van der Waals surface area contributed by atoms with E-state index in [4.69, 9.17) is 5.10 Å². The summed E-state index contributed by atoms with van der Waals surface area (Å²) in [5, 5.41) is 14.6. The second kappa shape index (κ2) is 10.2. The largest absolute Gasteiger partial charge is 0.271 e. The van der Waals surface area contributed by atoms with Crippen LogP contribution in [0.5, 0.6) is 0 Å². The molecule has 0 fully saturated rings. The first kappa shape index (κ1) is 24.1. The van der Waals surface area contributed by atoms with Crippen molar-refractivity contribution in [1.82, 2.24) is 19.7 Å². The van der Waals surface area contributed by atoms with Gasteiger partial charge in [-0.1, -0.05) is 52.3 Å². The van der Waals surface area contributed by atoms with Crippen LogP contribution < -0.4 is 0 Å². The average molecular weight is 550 g/mol. The Morgan fingerprint density at radius 1 is 1.00 bits per heavy atom. The highest BCUT2D eigenvalue weighted by Gasteiger charge is 2.35. The molecular formula is C29H20BrN5O2. The molecule has 37 heavy (non-hydrogen) atoms. The summed E-state index contributed by atoms with van der Waals surface area (Å²) in [6.07, 6.45) is 6.76. The lowest BCUT2D eigenvalue weighted by Gasteiger charge is -2.27. The Balaban J connectivity index is 1.65. The Morgan fingerprint density at radius 3 is 2.43 bits per heavy atom. The van der Waals surface area contributed by atoms with E-state index in [9.17, 15) is 14.9 Å². The molecule has 5 rings (SSSR count). The number of halogens is 1. The van der Waals surface area contributed by atoms with E-state index in [1.54, 1.807) is 42.2 Å². The second-order valence-electron chi connectivity index (χ2n) is 8.45. The lowest BCUT2D eigenvalue weighted by Crippen LogP contribution is -2.42. The van der Waals surface area contributed by atoms with E-state index in [0.29, 0.717) is 22.4 Å². The van der Waals surface area contributed by atoms with Gasteiger partial charge in [-0.15, -0.1) is 0 Å². The number of para-hydroxylation sites is 1. The summed E-state index contributed by atoms with van der Waals surface area (Å²) in [5.41, 5.74) is 4.31. The predicted octanol–water partition coefficient (Wildman–Crippen LogP) is 5.49. The van der Waals surface area contributed by atoms with Crippen LogP contribution in [0.2, 0.25) is 0 Å². The van der Waals surface area contributed by atoms with Gasteiger partial charge in [-0.25, -0.2) is 4.68 Å². The van der Waals surface area contributed by atoms with E-state index >= 15 is 0 Å². The topological polar surface area (TPSA) is 91.9 Å². The van der Waals surface area contributed by atoms with Crippen LogP contribution in [0.1, 0.15) is 18.1 Å². The monoisotopic (exact) mass is 549 g/mol. The molecule has 3 heterocycles. The Morgan fingerprint density at radius 2 is 1.76 bits per heavy atom. The highest BCUT2D eigenvalue weighted by atomic mass is 79.9. The maximum atomic E-state index is 13.6. The zero-order valence-corrected chi connectivity index (χ0v) is 21.4. The zero-order chi connectivity index (χ0) is 25.9. The third-order valence-electron chi connectivity index (χ3n) is 6.07. The summed E-state index contributed by atoms with van der Waals surface area (Å²) in [5.74, 6) is -1.08. The lowest BCUT2D eigenvalue weighted by atomic mass is 9.93. The molecule has 0 aliphatic carbocycles. The minimum absolute atomic E-state index is 0.0180. The van der Waals surface area contributed by atoms with Crippen LogP contribution in [-0.4, -0.2) is 31.5 Å². The third-order valence-corrected chi connectivity index (χ3v) is 6.60. The summed E-state index contributed by atoms with van der Waals surface area (Å²) in [4.78, 5) is 31.8. The van der Waals surface area contributed by atoms with Crippen LogP contribution in [-0.2, 0) is 16.1 Å². The Labute approximate surface area is 222 Å². The molecule has 0 bridgehead atoms. The van der Waals surface area contributed by atoms with Gasteiger partial charge in [0.15, 0.2) is 0 Å². The van der Waals surface area contributed by atoms with Gasteiger partial charge in [0.05, 0.1) is 17.9 Å². The zero-order valence-electron chi connectivity index (χ0n) is 19.8. The summed E-state index contributed by atoms with van der Waals surface area (Å²) in [7, 11) is 0. The first-order chi connectivity index (χ1) is 18.0. The number of carbonyl (C=O) groups is 2. The van der Waals surface area contributed by atoms with Gasteiger partial charge >= 0.3 is 0 Å². The standard InChI is InChI=1S/C29H20BrN5O2/c1-19-25(28(36)34(29(37)26(19)15-31)17-20-6-5-13-32-16-20)14-22-18-35(24-7-3-2-4-8-24)33-27(22)21-9-11-23(30)12-10-21/h2-14,16,18H,17H2,1H3/b25-14+. The van der Waals surface area contributed by atoms with Crippen LogP contribution in [0.3, 0.4) is 0 Å². The van der Waals surface area contributed by atoms with Crippen LogP contribution in [0.4, 0.5) is 0 Å². The molecule has 1 aliphatic rings. The second-order valence-corrected chi connectivity index (χ2v) is 9.36. The van der Waals surface area contributed by atoms with Gasteiger partial charge in [0.1, 0.15) is 11.6 Å². The fraction of sp³-hybridized carbons (Fsp3) is 0.0690. The summed E-state index contributed by atoms with van der Waals surface area (Å²) < 4.78 is 2.68. The van der Waals surface area contributed by atoms with E-state index in [1.165, 1.54) is 0 Å². The SMILES string of the molecule is CC1=C(C#N)C(=O)N(Cc2cccnc2)C(=O)/C1=C/c1cn(-c2ccccc2)nc1-c1ccc(Br)cc1. The molecule has 0 saturated heterocycles. The maximum absolute atomic E-state index is 13.6. The van der Waals surface area contributed by atoms with Gasteiger partial charge in [-0.2, -0.15) is 10.4 Å². The number of benzene rings is 2. The van der Waals surface area contributed by atoms with Crippen molar-refractivity contribution in [1.29, 1.82) is 5.26 Å². The highest BCUT2D eigenvalue weighted by Crippen LogP contribution is 2.32. The molecule has 2 amide bonds. The number of aromatic nitrogens is 3. The van der Waals surface area contributed by atoms with E-state index in [0.717, 1.165) is 20.6 Å². The summed E-state index contributed by atoms with van der Waals surface area (Å²) >= 11 is 3.47. The molecule has 2 aromatic heterocycles. The minimum atomic E-state index is -0.612. The molecule has 1 aliphatic heterocycles. The van der Waals surface area contributed by atoms with Gasteiger partial charge in [-0.05, 0) is 54.5 Å². The van der Waals surface area contributed by atoms with Crippen molar-refractivity contribution in [3.63, 3.8) is 0 Å². The molecule has 0 N–H and O–H groups in total. The first-order valence-corrected chi connectivity index (χ1v) is 12.2. The number of rotatable bonds is 5. The molecule has 180 valence electrons. The minimum Gasteiger partial charge on any atom is -0.269 e. The normalized spacial score (nSPS) is 14.8. The molecule has 0 spiro atoms. The van der Waals surface area contributed by atoms with Crippen molar-refractivity contribution in [2.45, 2.75) is 13.5 Å². The number of nitrogens with zero attached hydrogens (tertiary/aromatic N) is 5. The smallest absolute Gasteiger partial charge is 0.269 e. The Kier molecular flexibility index (Phi) is 6.62. The molecule has 7 nitrogen and oxygen atoms in total. The van der Waals surface area contributed by atoms with Gasteiger partial charge in [-0.3, -0.25) is 19.5 Å². The number of hydrogen-bond acceptors (Lipinski definition) is 5. The third kappa shape index (κ3) is 4.77. The van der Waals surface area contributed by atoms with Crippen LogP contribution >= 0.6 is 15.9 Å². The summed E-state index contributed by atoms with van der Waals surface area (Å²) in [6, 6.07) is 22.9. The lowest BCUT2D eigenvalue weighted by molar-refractivity contribution is -0.141. The van der Waals surface area contributed by atoms with E-state index in [2.05, 4.69) is 20.9 Å². The van der Waals surface area contributed by atoms with Crippen LogP contribution in [0, 0.1) is 11.3 Å². The number of amides is 2. The van der Waals surface area contributed by atoms with Crippen molar-refractivity contribution in [2.75, 3.05) is 0 Å². The van der Waals surface area contributed by atoms with Gasteiger partial charge in [0.25, 0.3) is 11.8 Å². The van der Waals surface area contributed by atoms with E-state index in [-0.39, 0.29) is 17.7 Å². The van der Waals surface area contributed by atoms with Gasteiger partial charge < -0.3 is 0 Å². The summed E-state index contributed by atoms with van der Waals surface area (Å²) in [6.45, 7) is 1.65. The molecular weight excluding hydrogens is 530 g/mol. The number of hydrogen-bond donors (Lipinski definition) is 0. The van der Waals surface area contributed by atoms with Crippen molar-refractivity contribution in [3.8, 4) is 23.0 Å². The van der Waals surface area contributed by atoms with E-state index in [1.807, 2.05) is 66.9 Å². The van der Waals surface area contributed by atoms with Crippen LogP contribution in [0.15, 0.2) is 107 Å². The highest BCUT2D eigenvalue weighted by molar-refractivity contribution is 9.10. The fourth-order valence-electron chi connectivity index (χ4n) is 4.14. The maximum Gasteiger partial charge on any atom is 0.271 e. The number of imide groups is 1. The number of carbonyl (C=O) groups excluding carboxylic acids is 2. The number of nitriles is 1. The predicted molar refractivity (Wildman–Crippen MR) is 143 cm³/mol. The van der Waals surface area contributed by atoms with Crippen molar-refractivity contribution >= 4 is 33.8 Å². The molecule has 0 unspecified atom stereocenters. The Hall–Kier alpha value is -4.61. The molecule has 2 aromatic carbocycles. The molecule has 0 atom stereocenters. The van der Waals surface area contributed by atoms with E-state index < -0.39 is 11.8 Å². The first-order valence-electron chi connectivity index (χ1n) is 11.5. The number of pyridine rings is 1. The van der Waals surface area contributed by atoms with Crippen molar-refractivity contribution < 1.29 is 9.59 Å². The van der Waals surface area contributed by atoms with Crippen molar-refractivity contribution in [3.05, 3.63) is 118 Å². The fourth-order valence-corrected chi connectivity index (χ4v) is 4.41. The molecule has 4 aromatic rings. The van der Waals surface area contributed by atoms with Crippen molar-refractivity contribution in [2.24, 2.45) is 0 Å². The van der Waals surface area contributed by atoms with Gasteiger partial charge in [0, 0.05) is 39.8 Å². The Bertz CT molecular complexity index is 1600. The molecule has 0 radical (unpaired) electrons. The van der Waals surface area contributed by atoms with Gasteiger partial charge in [0.2, 0.25) is 0 Å². The molecule has 8 heteroatoms. The quantitative estimate of drug-likeness (QED) is 0.242. The van der Waals surface area contributed by atoms with Crippen LogP contribution in [0.25, 0.3) is 23.0 Å². The average Bonchev–Trinajstić information content (AvgIpc) is 3.35.